The van der Waals surface area contributed by atoms with Crippen molar-refractivity contribution >= 4 is 23.4 Å². The predicted octanol–water partition coefficient (Wildman–Crippen LogP) is 3.31. The first kappa shape index (κ1) is 14.8. The molecule has 0 aliphatic rings. The molecule has 1 aromatic rings. The Bertz CT molecular complexity index is 346. The Kier molecular flexibility index (Phi) is 6.97. The number of aliphatic hydroxyl groups is 1. The first-order valence-electron chi connectivity index (χ1n) is 5.94. The molecule has 0 saturated carbocycles. The first-order valence-corrected chi connectivity index (χ1v) is 7.19. The Labute approximate surface area is 113 Å². The van der Waals surface area contributed by atoms with Crippen LogP contribution in [0.25, 0.3) is 0 Å². The summed E-state index contributed by atoms with van der Waals surface area (Å²) >= 11 is 7.82. The summed E-state index contributed by atoms with van der Waals surface area (Å²) in [7, 11) is 0. The number of thioether (sulfide) groups is 1. The van der Waals surface area contributed by atoms with Crippen molar-refractivity contribution in [2.24, 2.45) is 0 Å². The van der Waals surface area contributed by atoms with Crippen LogP contribution < -0.4 is 5.32 Å². The lowest BCUT2D eigenvalue weighted by molar-refractivity contribution is 0.300. The Hall–Kier alpha value is -0.220. The number of rotatable bonds is 7. The molecular formula is C13H20ClNOS. The van der Waals surface area contributed by atoms with Gasteiger partial charge in [0.05, 0.1) is 11.6 Å². The van der Waals surface area contributed by atoms with Gasteiger partial charge in [-0.2, -0.15) is 0 Å². The average molecular weight is 274 g/mol. The first-order chi connectivity index (χ1) is 8.17. The van der Waals surface area contributed by atoms with E-state index in [2.05, 4.69) is 18.3 Å². The minimum atomic E-state index is 0.167. The van der Waals surface area contributed by atoms with Crippen LogP contribution in [-0.2, 0) is 6.54 Å². The second-order valence-corrected chi connectivity index (χ2v) is 5.94. The molecular weight excluding hydrogens is 254 g/mol. The summed E-state index contributed by atoms with van der Waals surface area (Å²) < 4.78 is 0. The van der Waals surface area contributed by atoms with Gasteiger partial charge in [-0.3, -0.25) is 0 Å². The molecule has 2 N–H and O–H groups in total. The summed E-state index contributed by atoms with van der Waals surface area (Å²) in [6.07, 6.45) is 1.13. The van der Waals surface area contributed by atoms with Crippen LogP contribution >= 0.6 is 23.4 Å². The Morgan fingerprint density at radius 1 is 1.47 bits per heavy atom. The summed E-state index contributed by atoms with van der Waals surface area (Å²) in [5.74, 6) is 0. The maximum absolute atomic E-state index is 9.01. The quantitative estimate of drug-likeness (QED) is 0.591. The zero-order valence-electron chi connectivity index (χ0n) is 10.4. The molecule has 0 aromatic heterocycles. The van der Waals surface area contributed by atoms with E-state index in [-0.39, 0.29) is 11.9 Å². The number of hydrogen-bond acceptors (Lipinski definition) is 3. The molecule has 1 unspecified atom stereocenters. The maximum atomic E-state index is 9.01. The van der Waals surface area contributed by atoms with Crippen molar-refractivity contribution in [1.82, 2.24) is 5.32 Å². The van der Waals surface area contributed by atoms with E-state index in [0.717, 1.165) is 29.4 Å². The van der Waals surface area contributed by atoms with Crippen molar-refractivity contribution in [3.63, 3.8) is 0 Å². The smallest absolute Gasteiger partial charge is 0.0550 e. The van der Waals surface area contributed by atoms with Gasteiger partial charge in [0.15, 0.2) is 0 Å². The molecule has 0 saturated heterocycles. The van der Waals surface area contributed by atoms with E-state index in [0.29, 0.717) is 0 Å². The molecule has 96 valence electrons. The molecule has 0 aliphatic carbocycles. The summed E-state index contributed by atoms with van der Waals surface area (Å²) in [5, 5.41) is 13.3. The van der Waals surface area contributed by atoms with Crippen molar-refractivity contribution < 1.29 is 5.11 Å². The highest BCUT2D eigenvalue weighted by Gasteiger charge is 2.07. The molecule has 0 fully saturated rings. The van der Waals surface area contributed by atoms with Gasteiger partial charge >= 0.3 is 0 Å². The molecule has 0 spiro atoms. The monoisotopic (exact) mass is 273 g/mol. The van der Waals surface area contributed by atoms with E-state index in [9.17, 15) is 0 Å². The largest absolute Gasteiger partial charge is 0.395 e. The van der Waals surface area contributed by atoms with E-state index in [4.69, 9.17) is 16.7 Å². The van der Waals surface area contributed by atoms with Crippen molar-refractivity contribution in [2.75, 3.05) is 13.2 Å². The van der Waals surface area contributed by atoms with Gasteiger partial charge in [0.2, 0.25) is 0 Å². The summed E-state index contributed by atoms with van der Waals surface area (Å²) in [5.41, 5.74) is 1.20. The van der Waals surface area contributed by atoms with E-state index in [1.54, 1.807) is 11.8 Å². The number of aliphatic hydroxyl groups excluding tert-OH is 1. The van der Waals surface area contributed by atoms with Crippen LogP contribution in [0.5, 0.6) is 0 Å². The van der Waals surface area contributed by atoms with Crippen LogP contribution in [0.4, 0.5) is 0 Å². The van der Waals surface area contributed by atoms with Crippen molar-refractivity contribution in [3.8, 4) is 0 Å². The third-order valence-corrected chi connectivity index (χ3v) is 3.92. The normalized spacial score (nSPS) is 12.7. The van der Waals surface area contributed by atoms with Gasteiger partial charge < -0.3 is 10.4 Å². The number of hydrogen-bond donors (Lipinski definition) is 2. The fourth-order valence-electron chi connectivity index (χ4n) is 1.41. The Balaban J connectivity index is 2.59. The van der Waals surface area contributed by atoms with Crippen LogP contribution in [0.2, 0.25) is 5.02 Å². The van der Waals surface area contributed by atoms with Gasteiger partial charge in [0.1, 0.15) is 0 Å². The van der Waals surface area contributed by atoms with Crippen LogP contribution in [0.1, 0.15) is 25.8 Å². The van der Waals surface area contributed by atoms with E-state index in [1.807, 2.05) is 19.1 Å². The van der Waals surface area contributed by atoms with Gasteiger partial charge in [-0.05, 0) is 30.7 Å². The fourth-order valence-corrected chi connectivity index (χ4v) is 2.58. The van der Waals surface area contributed by atoms with Crippen LogP contribution in [-0.4, -0.2) is 23.5 Å². The summed E-state index contributed by atoms with van der Waals surface area (Å²) in [4.78, 5) is 1.03. The Morgan fingerprint density at radius 3 is 2.82 bits per heavy atom. The molecule has 0 aliphatic heterocycles. The second kappa shape index (κ2) is 7.98. The molecule has 1 atom stereocenters. The number of nitrogens with one attached hydrogen (secondary N) is 1. The minimum absolute atomic E-state index is 0.167. The third kappa shape index (κ3) is 5.30. The standard InChI is InChI=1S/C13H20ClNOS/c1-3-6-15-8-11-4-5-13(12(14)7-11)17-10(2)9-16/h4-5,7,10,15-16H,3,6,8-9H2,1-2H3. The van der Waals surface area contributed by atoms with Crippen LogP contribution in [0.3, 0.4) is 0 Å². The van der Waals surface area contributed by atoms with Gasteiger partial charge in [-0.1, -0.05) is 31.5 Å². The highest BCUT2D eigenvalue weighted by Crippen LogP contribution is 2.30. The fraction of sp³-hybridized carbons (Fsp3) is 0.538. The third-order valence-electron chi connectivity index (χ3n) is 2.34. The van der Waals surface area contributed by atoms with Gasteiger partial charge in [0, 0.05) is 16.7 Å². The predicted molar refractivity (Wildman–Crippen MR) is 75.9 cm³/mol. The topological polar surface area (TPSA) is 32.3 Å². The summed E-state index contributed by atoms with van der Waals surface area (Å²) in [6.45, 7) is 6.18. The zero-order chi connectivity index (χ0) is 12.7. The summed E-state index contributed by atoms with van der Waals surface area (Å²) in [6, 6.07) is 6.11. The molecule has 0 radical (unpaired) electrons. The molecule has 0 amide bonds. The van der Waals surface area contributed by atoms with E-state index >= 15 is 0 Å². The molecule has 0 heterocycles. The van der Waals surface area contributed by atoms with Crippen LogP contribution in [0.15, 0.2) is 23.1 Å². The molecule has 2 nitrogen and oxygen atoms in total. The highest BCUT2D eigenvalue weighted by molar-refractivity contribution is 8.00. The van der Waals surface area contributed by atoms with Crippen molar-refractivity contribution in [2.45, 2.75) is 37.0 Å². The van der Waals surface area contributed by atoms with E-state index in [1.165, 1.54) is 5.56 Å². The number of benzene rings is 1. The molecule has 17 heavy (non-hydrogen) atoms. The SMILES string of the molecule is CCCNCc1ccc(SC(C)CO)c(Cl)c1. The minimum Gasteiger partial charge on any atom is -0.395 e. The van der Waals surface area contributed by atoms with Gasteiger partial charge in [0.25, 0.3) is 0 Å². The van der Waals surface area contributed by atoms with Gasteiger partial charge in [-0.15, -0.1) is 11.8 Å². The lowest BCUT2D eigenvalue weighted by Crippen LogP contribution is -2.13. The molecule has 1 rings (SSSR count). The second-order valence-electron chi connectivity index (χ2n) is 4.05. The van der Waals surface area contributed by atoms with E-state index < -0.39 is 0 Å². The highest BCUT2D eigenvalue weighted by atomic mass is 35.5. The van der Waals surface area contributed by atoms with Crippen molar-refractivity contribution in [1.29, 1.82) is 0 Å². The Morgan fingerprint density at radius 2 is 2.24 bits per heavy atom. The van der Waals surface area contributed by atoms with Crippen molar-refractivity contribution in [3.05, 3.63) is 28.8 Å². The lowest BCUT2D eigenvalue weighted by atomic mass is 10.2. The van der Waals surface area contributed by atoms with Crippen LogP contribution in [0, 0.1) is 0 Å². The zero-order valence-corrected chi connectivity index (χ0v) is 11.9. The molecule has 0 bridgehead atoms. The number of halogens is 1. The maximum Gasteiger partial charge on any atom is 0.0550 e. The van der Waals surface area contributed by atoms with Gasteiger partial charge in [-0.25, -0.2) is 0 Å². The lowest BCUT2D eigenvalue weighted by Gasteiger charge is -2.11. The molecule has 1 aromatic carbocycles. The molecule has 4 heteroatoms. The average Bonchev–Trinajstić information content (AvgIpc) is 2.32.